The molecule has 1 unspecified atom stereocenters. The van der Waals surface area contributed by atoms with Gasteiger partial charge in [-0.15, -0.1) is 11.3 Å². The Labute approximate surface area is 110 Å². The SMILES string of the molecule is CCc1occc1C(N)c1cccc2ccsc12. The van der Waals surface area contributed by atoms with Gasteiger partial charge >= 0.3 is 0 Å². The zero-order valence-corrected chi connectivity index (χ0v) is 11.0. The summed E-state index contributed by atoms with van der Waals surface area (Å²) in [5, 5.41) is 3.37. The van der Waals surface area contributed by atoms with E-state index in [4.69, 9.17) is 10.2 Å². The molecule has 3 rings (SSSR count). The van der Waals surface area contributed by atoms with E-state index in [0.29, 0.717) is 0 Å². The summed E-state index contributed by atoms with van der Waals surface area (Å²) in [4.78, 5) is 0. The molecule has 0 spiro atoms. The van der Waals surface area contributed by atoms with Crippen molar-refractivity contribution >= 4 is 21.4 Å². The van der Waals surface area contributed by atoms with Gasteiger partial charge in [0, 0.05) is 16.7 Å². The Bertz CT molecular complexity index is 668. The molecule has 0 saturated heterocycles. The molecule has 92 valence electrons. The molecular formula is C15H15NOS. The summed E-state index contributed by atoms with van der Waals surface area (Å²) in [6.07, 6.45) is 2.60. The Morgan fingerprint density at radius 2 is 2.11 bits per heavy atom. The summed E-state index contributed by atoms with van der Waals surface area (Å²) in [6.45, 7) is 2.08. The van der Waals surface area contributed by atoms with Crippen LogP contribution in [0, 0.1) is 0 Å². The van der Waals surface area contributed by atoms with Crippen LogP contribution in [-0.4, -0.2) is 0 Å². The predicted octanol–water partition coefficient (Wildman–Crippen LogP) is 4.10. The standard InChI is InChI=1S/C15H15NOS/c1-2-13-11(6-8-17-13)14(16)12-5-3-4-10-7-9-18-15(10)12/h3-9,14H,2,16H2,1H3. The highest BCUT2D eigenvalue weighted by atomic mass is 32.1. The molecule has 0 bridgehead atoms. The highest BCUT2D eigenvalue weighted by Crippen LogP contribution is 2.32. The number of thiophene rings is 1. The lowest BCUT2D eigenvalue weighted by molar-refractivity contribution is 0.509. The third kappa shape index (κ3) is 1.76. The molecule has 0 aliphatic heterocycles. The molecule has 1 atom stereocenters. The van der Waals surface area contributed by atoms with E-state index < -0.39 is 0 Å². The van der Waals surface area contributed by atoms with E-state index in [1.165, 1.54) is 15.6 Å². The zero-order valence-electron chi connectivity index (χ0n) is 10.2. The van der Waals surface area contributed by atoms with Gasteiger partial charge in [-0.1, -0.05) is 25.1 Å². The molecule has 3 heteroatoms. The van der Waals surface area contributed by atoms with Crippen LogP contribution in [0.1, 0.15) is 29.9 Å². The maximum Gasteiger partial charge on any atom is 0.108 e. The second kappa shape index (κ2) is 4.59. The first kappa shape index (κ1) is 11.5. The van der Waals surface area contributed by atoms with Gasteiger partial charge in [0.05, 0.1) is 12.3 Å². The number of rotatable bonds is 3. The molecule has 2 nitrogen and oxygen atoms in total. The van der Waals surface area contributed by atoms with Gasteiger partial charge in [-0.25, -0.2) is 0 Å². The van der Waals surface area contributed by atoms with Gasteiger partial charge in [-0.3, -0.25) is 0 Å². The van der Waals surface area contributed by atoms with Crippen molar-refractivity contribution in [3.8, 4) is 0 Å². The summed E-state index contributed by atoms with van der Waals surface area (Å²) in [5.41, 5.74) is 8.68. The number of hydrogen-bond acceptors (Lipinski definition) is 3. The van der Waals surface area contributed by atoms with Crippen molar-refractivity contribution in [2.24, 2.45) is 5.73 Å². The molecule has 2 aromatic heterocycles. The lowest BCUT2D eigenvalue weighted by atomic mass is 9.98. The second-order valence-corrected chi connectivity index (χ2v) is 5.23. The van der Waals surface area contributed by atoms with Crippen LogP contribution in [0.4, 0.5) is 0 Å². The van der Waals surface area contributed by atoms with Crippen LogP contribution in [0.15, 0.2) is 46.4 Å². The van der Waals surface area contributed by atoms with E-state index in [-0.39, 0.29) is 6.04 Å². The van der Waals surface area contributed by atoms with Crippen LogP contribution in [-0.2, 0) is 6.42 Å². The summed E-state index contributed by atoms with van der Waals surface area (Å²) in [7, 11) is 0. The predicted molar refractivity (Wildman–Crippen MR) is 75.9 cm³/mol. The van der Waals surface area contributed by atoms with Crippen LogP contribution >= 0.6 is 11.3 Å². The maximum absolute atomic E-state index is 6.41. The van der Waals surface area contributed by atoms with Crippen molar-refractivity contribution in [3.63, 3.8) is 0 Å². The van der Waals surface area contributed by atoms with Crippen molar-refractivity contribution in [3.05, 3.63) is 58.9 Å². The monoisotopic (exact) mass is 257 g/mol. The first-order valence-electron chi connectivity index (χ1n) is 6.09. The first-order valence-corrected chi connectivity index (χ1v) is 6.97. The third-order valence-corrected chi connectivity index (χ3v) is 4.26. The molecule has 0 aliphatic carbocycles. The van der Waals surface area contributed by atoms with Crippen molar-refractivity contribution in [1.29, 1.82) is 0 Å². The number of furan rings is 1. The van der Waals surface area contributed by atoms with E-state index >= 15 is 0 Å². The second-order valence-electron chi connectivity index (χ2n) is 4.32. The number of benzene rings is 1. The fraction of sp³-hybridized carbons (Fsp3) is 0.200. The molecule has 18 heavy (non-hydrogen) atoms. The van der Waals surface area contributed by atoms with Crippen molar-refractivity contribution in [1.82, 2.24) is 0 Å². The minimum atomic E-state index is -0.110. The number of hydrogen-bond donors (Lipinski definition) is 1. The maximum atomic E-state index is 6.41. The Balaban J connectivity index is 2.12. The van der Waals surface area contributed by atoms with Crippen molar-refractivity contribution in [2.75, 3.05) is 0 Å². The van der Waals surface area contributed by atoms with Crippen LogP contribution in [0.3, 0.4) is 0 Å². The quantitative estimate of drug-likeness (QED) is 0.767. The van der Waals surface area contributed by atoms with Crippen LogP contribution in [0.25, 0.3) is 10.1 Å². The summed E-state index contributed by atoms with van der Waals surface area (Å²) < 4.78 is 6.74. The van der Waals surface area contributed by atoms with Gasteiger partial charge in [0.1, 0.15) is 5.76 Å². The number of fused-ring (bicyclic) bond motifs is 1. The largest absolute Gasteiger partial charge is 0.469 e. The number of aryl methyl sites for hydroxylation is 1. The topological polar surface area (TPSA) is 39.2 Å². The van der Waals surface area contributed by atoms with Crippen LogP contribution < -0.4 is 5.73 Å². The molecule has 0 saturated carbocycles. The van der Waals surface area contributed by atoms with Gasteiger partial charge in [0.25, 0.3) is 0 Å². The Hall–Kier alpha value is -1.58. The number of nitrogens with two attached hydrogens (primary N) is 1. The Kier molecular flexibility index (Phi) is 2.94. The highest BCUT2D eigenvalue weighted by molar-refractivity contribution is 7.17. The molecule has 0 aliphatic rings. The molecule has 0 fully saturated rings. The Morgan fingerprint density at radius 3 is 2.94 bits per heavy atom. The minimum absolute atomic E-state index is 0.110. The lowest BCUT2D eigenvalue weighted by Crippen LogP contribution is -2.12. The minimum Gasteiger partial charge on any atom is -0.469 e. The van der Waals surface area contributed by atoms with Crippen molar-refractivity contribution < 1.29 is 4.42 Å². The summed E-state index contributed by atoms with van der Waals surface area (Å²) in [6, 6.07) is 10.3. The first-order chi connectivity index (χ1) is 8.81. The molecular weight excluding hydrogens is 242 g/mol. The van der Waals surface area contributed by atoms with E-state index in [2.05, 4.69) is 36.6 Å². The molecule has 0 amide bonds. The van der Waals surface area contributed by atoms with Crippen LogP contribution in [0.2, 0.25) is 0 Å². The fourth-order valence-corrected chi connectivity index (χ4v) is 3.30. The summed E-state index contributed by atoms with van der Waals surface area (Å²) in [5.74, 6) is 0.982. The third-order valence-electron chi connectivity index (χ3n) is 3.28. The Morgan fingerprint density at radius 1 is 1.22 bits per heavy atom. The van der Waals surface area contributed by atoms with E-state index in [0.717, 1.165) is 17.7 Å². The van der Waals surface area contributed by atoms with Gasteiger partial charge < -0.3 is 10.2 Å². The van der Waals surface area contributed by atoms with Gasteiger partial charge in [-0.2, -0.15) is 0 Å². The van der Waals surface area contributed by atoms with Crippen molar-refractivity contribution in [2.45, 2.75) is 19.4 Å². The lowest BCUT2D eigenvalue weighted by Gasteiger charge is -2.13. The zero-order chi connectivity index (χ0) is 12.5. The van der Waals surface area contributed by atoms with Gasteiger partial charge in [0.2, 0.25) is 0 Å². The normalized spacial score (nSPS) is 13.0. The molecule has 2 heterocycles. The molecule has 2 N–H and O–H groups in total. The average molecular weight is 257 g/mol. The smallest absolute Gasteiger partial charge is 0.108 e. The molecule has 0 radical (unpaired) electrons. The highest BCUT2D eigenvalue weighted by Gasteiger charge is 2.17. The summed E-state index contributed by atoms with van der Waals surface area (Å²) >= 11 is 1.74. The van der Waals surface area contributed by atoms with Gasteiger partial charge in [0.15, 0.2) is 0 Å². The molecule has 1 aromatic carbocycles. The average Bonchev–Trinajstić information content (AvgIpc) is 3.05. The molecule has 3 aromatic rings. The van der Waals surface area contributed by atoms with E-state index in [9.17, 15) is 0 Å². The fourth-order valence-electron chi connectivity index (χ4n) is 2.34. The van der Waals surface area contributed by atoms with Crippen LogP contribution in [0.5, 0.6) is 0 Å². The van der Waals surface area contributed by atoms with E-state index in [1.54, 1.807) is 17.6 Å². The van der Waals surface area contributed by atoms with Gasteiger partial charge in [-0.05, 0) is 28.5 Å². The van der Waals surface area contributed by atoms with E-state index in [1.807, 2.05) is 6.07 Å².